The number of hydrogen-bond acceptors (Lipinski definition) is 7. The lowest BCUT2D eigenvalue weighted by molar-refractivity contribution is -0.114. The Balaban J connectivity index is 1.57. The molecule has 2 amide bonds. The number of hydrogen-bond donors (Lipinski definition) is 2. The van der Waals surface area contributed by atoms with Crippen LogP contribution in [-0.2, 0) is 9.59 Å². The maximum Gasteiger partial charge on any atom is 0.234 e. The number of thioether (sulfide) groups is 1. The van der Waals surface area contributed by atoms with E-state index >= 15 is 0 Å². The van der Waals surface area contributed by atoms with E-state index in [9.17, 15) is 9.59 Å². The average Bonchev–Trinajstić information content (AvgIpc) is 2.78. The lowest BCUT2D eigenvalue weighted by Gasteiger charge is -2.10. The van der Waals surface area contributed by atoms with Crippen LogP contribution in [0.2, 0.25) is 0 Å². The molecular formula is C22H22N4O4S. The molecule has 0 aliphatic rings. The Hall–Kier alpha value is -3.59. The van der Waals surface area contributed by atoms with Gasteiger partial charge in [-0.1, -0.05) is 11.8 Å². The molecule has 160 valence electrons. The van der Waals surface area contributed by atoms with Gasteiger partial charge in [0.1, 0.15) is 16.5 Å². The second-order valence-electron chi connectivity index (χ2n) is 6.42. The van der Waals surface area contributed by atoms with Crippen LogP contribution in [-0.4, -0.2) is 42.0 Å². The van der Waals surface area contributed by atoms with Crippen LogP contribution in [0.25, 0.3) is 11.3 Å². The van der Waals surface area contributed by atoms with Crippen molar-refractivity contribution in [2.45, 2.75) is 11.9 Å². The van der Waals surface area contributed by atoms with Crippen LogP contribution < -0.4 is 20.1 Å². The smallest absolute Gasteiger partial charge is 0.234 e. The van der Waals surface area contributed by atoms with E-state index in [1.807, 2.05) is 24.3 Å². The molecule has 0 atom stereocenters. The number of anilines is 2. The highest BCUT2D eigenvalue weighted by molar-refractivity contribution is 7.99. The quantitative estimate of drug-likeness (QED) is 0.515. The molecule has 31 heavy (non-hydrogen) atoms. The number of aromatic nitrogens is 2. The van der Waals surface area contributed by atoms with Crippen molar-refractivity contribution < 1.29 is 19.1 Å². The van der Waals surface area contributed by atoms with Crippen molar-refractivity contribution in [1.82, 2.24) is 10.2 Å². The minimum Gasteiger partial charge on any atom is -0.497 e. The Bertz CT molecular complexity index is 1060. The topological polar surface area (TPSA) is 102 Å². The number of ether oxygens (including phenoxy) is 2. The number of nitrogens with one attached hydrogen (secondary N) is 2. The van der Waals surface area contributed by atoms with Crippen molar-refractivity contribution in [2.75, 3.05) is 30.6 Å². The molecule has 0 bridgehead atoms. The summed E-state index contributed by atoms with van der Waals surface area (Å²) in [6, 6.07) is 16.0. The maximum absolute atomic E-state index is 12.2. The van der Waals surface area contributed by atoms with Crippen molar-refractivity contribution in [3.63, 3.8) is 0 Å². The molecule has 9 heteroatoms. The second kappa shape index (κ2) is 10.4. The number of carbonyl (C=O) groups excluding carboxylic acids is 2. The van der Waals surface area contributed by atoms with E-state index in [2.05, 4.69) is 20.8 Å². The van der Waals surface area contributed by atoms with Gasteiger partial charge in [-0.15, -0.1) is 10.2 Å². The van der Waals surface area contributed by atoms with Gasteiger partial charge in [0, 0.05) is 29.9 Å². The first-order chi connectivity index (χ1) is 15.0. The van der Waals surface area contributed by atoms with E-state index in [0.29, 0.717) is 33.6 Å². The summed E-state index contributed by atoms with van der Waals surface area (Å²) < 4.78 is 10.6. The van der Waals surface area contributed by atoms with Crippen molar-refractivity contribution in [3.8, 4) is 22.8 Å². The Kier molecular flexibility index (Phi) is 7.45. The molecule has 0 radical (unpaired) electrons. The summed E-state index contributed by atoms with van der Waals surface area (Å²) in [6.07, 6.45) is 0. The first-order valence-electron chi connectivity index (χ1n) is 9.35. The minimum absolute atomic E-state index is 0.147. The van der Waals surface area contributed by atoms with Crippen LogP contribution in [0.3, 0.4) is 0 Å². The number of carbonyl (C=O) groups is 2. The van der Waals surface area contributed by atoms with E-state index in [4.69, 9.17) is 9.47 Å². The summed E-state index contributed by atoms with van der Waals surface area (Å²) in [5.41, 5.74) is 2.77. The molecule has 0 fully saturated rings. The molecule has 3 aromatic rings. The summed E-state index contributed by atoms with van der Waals surface area (Å²) in [6.45, 7) is 1.44. The molecule has 2 N–H and O–H groups in total. The Morgan fingerprint density at radius 3 is 2.19 bits per heavy atom. The van der Waals surface area contributed by atoms with Crippen LogP contribution in [0.5, 0.6) is 11.5 Å². The highest BCUT2D eigenvalue weighted by Crippen LogP contribution is 2.32. The Labute approximate surface area is 184 Å². The van der Waals surface area contributed by atoms with E-state index in [0.717, 1.165) is 5.56 Å². The molecule has 0 unspecified atom stereocenters. The minimum atomic E-state index is -0.167. The molecular weight excluding hydrogens is 416 g/mol. The summed E-state index contributed by atoms with van der Waals surface area (Å²) >= 11 is 1.29. The first kappa shape index (κ1) is 22.1. The zero-order valence-corrected chi connectivity index (χ0v) is 18.2. The molecule has 8 nitrogen and oxygen atoms in total. The van der Waals surface area contributed by atoms with Crippen LogP contribution in [0.4, 0.5) is 11.4 Å². The standard InChI is InChI=1S/C22H22N4O4S/c1-14(27)23-15-4-6-16(7-5-15)24-21(28)13-31-22-11-10-19(25-26-22)18-9-8-17(29-2)12-20(18)30-3/h4-12H,13H2,1-3H3,(H,23,27)(H,24,28). The fraction of sp³-hybridized carbons (Fsp3) is 0.182. The molecule has 2 aromatic carbocycles. The van der Waals surface area contributed by atoms with Crippen molar-refractivity contribution in [1.29, 1.82) is 0 Å². The molecule has 3 rings (SSSR count). The van der Waals surface area contributed by atoms with Crippen molar-refractivity contribution >= 4 is 35.0 Å². The van der Waals surface area contributed by atoms with Gasteiger partial charge in [0.25, 0.3) is 0 Å². The Morgan fingerprint density at radius 1 is 0.903 bits per heavy atom. The third-order valence-electron chi connectivity index (χ3n) is 4.16. The number of benzene rings is 2. The van der Waals surface area contributed by atoms with E-state index < -0.39 is 0 Å². The molecule has 1 aromatic heterocycles. The fourth-order valence-electron chi connectivity index (χ4n) is 2.73. The summed E-state index contributed by atoms with van der Waals surface area (Å²) in [5.74, 6) is 1.20. The van der Waals surface area contributed by atoms with E-state index in [1.165, 1.54) is 18.7 Å². The molecule has 1 heterocycles. The lowest BCUT2D eigenvalue weighted by Crippen LogP contribution is -2.14. The molecule has 0 aliphatic heterocycles. The van der Waals surface area contributed by atoms with Crippen molar-refractivity contribution in [3.05, 3.63) is 54.6 Å². The Morgan fingerprint density at radius 2 is 1.61 bits per heavy atom. The number of amides is 2. The number of methoxy groups -OCH3 is 2. The SMILES string of the molecule is COc1ccc(-c2ccc(SCC(=O)Nc3ccc(NC(C)=O)cc3)nn2)c(OC)c1. The third kappa shape index (κ3) is 6.19. The molecule has 0 saturated carbocycles. The third-order valence-corrected chi connectivity index (χ3v) is 5.08. The normalized spacial score (nSPS) is 10.3. The van der Waals surface area contributed by atoms with Crippen molar-refractivity contribution in [2.24, 2.45) is 0 Å². The lowest BCUT2D eigenvalue weighted by atomic mass is 10.1. The van der Waals surface area contributed by atoms with Gasteiger partial charge in [0.2, 0.25) is 11.8 Å². The van der Waals surface area contributed by atoms with Crippen LogP contribution in [0, 0.1) is 0 Å². The van der Waals surface area contributed by atoms with E-state index in [-0.39, 0.29) is 17.6 Å². The first-order valence-corrected chi connectivity index (χ1v) is 10.3. The molecule has 0 saturated heterocycles. The zero-order valence-electron chi connectivity index (χ0n) is 17.3. The highest BCUT2D eigenvalue weighted by atomic mass is 32.2. The van der Waals surface area contributed by atoms with Gasteiger partial charge in [-0.2, -0.15) is 0 Å². The van der Waals surface area contributed by atoms with Crippen LogP contribution >= 0.6 is 11.8 Å². The molecule has 0 aliphatic carbocycles. The average molecular weight is 439 g/mol. The predicted octanol–water partition coefficient (Wildman–Crippen LogP) is 3.85. The van der Waals surface area contributed by atoms with Gasteiger partial charge >= 0.3 is 0 Å². The van der Waals surface area contributed by atoms with Gasteiger partial charge in [0.05, 0.1) is 25.7 Å². The largest absolute Gasteiger partial charge is 0.497 e. The van der Waals surface area contributed by atoms with Gasteiger partial charge in [-0.25, -0.2) is 0 Å². The summed E-state index contributed by atoms with van der Waals surface area (Å²) in [5, 5.41) is 14.6. The second-order valence-corrected chi connectivity index (χ2v) is 7.41. The number of nitrogens with zero attached hydrogens (tertiary/aromatic N) is 2. The fourth-order valence-corrected chi connectivity index (χ4v) is 3.34. The van der Waals surface area contributed by atoms with Crippen LogP contribution in [0.1, 0.15) is 6.92 Å². The van der Waals surface area contributed by atoms with Gasteiger partial charge in [-0.3, -0.25) is 9.59 Å². The van der Waals surface area contributed by atoms with Gasteiger partial charge < -0.3 is 20.1 Å². The van der Waals surface area contributed by atoms with E-state index in [1.54, 1.807) is 44.6 Å². The van der Waals surface area contributed by atoms with Gasteiger partial charge in [-0.05, 0) is 48.5 Å². The zero-order chi connectivity index (χ0) is 22.2. The van der Waals surface area contributed by atoms with Crippen LogP contribution in [0.15, 0.2) is 59.6 Å². The highest BCUT2D eigenvalue weighted by Gasteiger charge is 2.11. The monoisotopic (exact) mass is 438 g/mol. The summed E-state index contributed by atoms with van der Waals surface area (Å²) in [4.78, 5) is 23.3. The summed E-state index contributed by atoms with van der Waals surface area (Å²) in [7, 11) is 3.18. The maximum atomic E-state index is 12.2. The predicted molar refractivity (Wildman–Crippen MR) is 121 cm³/mol. The number of rotatable bonds is 8. The van der Waals surface area contributed by atoms with Gasteiger partial charge in [0.15, 0.2) is 0 Å². The molecule has 0 spiro atoms.